The third kappa shape index (κ3) is 2.93. The van der Waals surface area contributed by atoms with Gasteiger partial charge >= 0.3 is 0 Å². The Hall–Kier alpha value is -1.09. The molecule has 2 heterocycles. The largest absolute Gasteiger partial charge is 0.368 e. The van der Waals surface area contributed by atoms with Crippen molar-refractivity contribution in [2.24, 2.45) is 0 Å². The lowest BCUT2D eigenvalue weighted by atomic mass is 10.2. The molecule has 1 aromatic rings. The van der Waals surface area contributed by atoms with Gasteiger partial charge in [0.05, 0.1) is 0 Å². The highest BCUT2D eigenvalue weighted by Gasteiger charge is 2.13. The van der Waals surface area contributed by atoms with Crippen molar-refractivity contribution in [3.8, 4) is 0 Å². The van der Waals surface area contributed by atoms with Crippen LogP contribution in [-0.2, 0) is 0 Å². The highest BCUT2D eigenvalue weighted by atomic mass is 15.0. The predicted octanol–water partition coefficient (Wildman–Crippen LogP) is 1.86. The van der Waals surface area contributed by atoms with Crippen molar-refractivity contribution in [2.75, 3.05) is 18.4 Å². The van der Waals surface area contributed by atoms with Crippen LogP contribution in [0.1, 0.15) is 24.1 Å². The second-order valence-electron chi connectivity index (χ2n) is 4.35. The van der Waals surface area contributed by atoms with Crippen LogP contribution in [-0.4, -0.2) is 24.1 Å². The molecule has 2 N–H and O–H groups in total. The van der Waals surface area contributed by atoms with Gasteiger partial charge in [0, 0.05) is 18.3 Å². The van der Waals surface area contributed by atoms with Gasteiger partial charge in [0.1, 0.15) is 5.82 Å². The van der Waals surface area contributed by atoms with Gasteiger partial charge in [-0.2, -0.15) is 0 Å². The van der Waals surface area contributed by atoms with E-state index in [4.69, 9.17) is 0 Å². The van der Waals surface area contributed by atoms with Gasteiger partial charge in [0.2, 0.25) is 0 Å². The number of hydrogen-bond donors (Lipinski definition) is 2. The Morgan fingerprint density at radius 2 is 2.33 bits per heavy atom. The molecule has 3 heteroatoms. The van der Waals surface area contributed by atoms with E-state index in [1.54, 1.807) is 0 Å². The van der Waals surface area contributed by atoms with E-state index in [1.165, 1.54) is 18.4 Å². The molecule has 1 saturated heterocycles. The van der Waals surface area contributed by atoms with Crippen LogP contribution in [0.3, 0.4) is 0 Å². The Morgan fingerprint density at radius 3 is 3.00 bits per heavy atom. The molecule has 1 aliphatic rings. The third-order valence-corrected chi connectivity index (χ3v) is 2.79. The minimum atomic E-state index is 0.618. The minimum absolute atomic E-state index is 0.618. The molecule has 3 nitrogen and oxygen atoms in total. The van der Waals surface area contributed by atoms with Crippen LogP contribution in [0.5, 0.6) is 0 Å². The van der Waals surface area contributed by atoms with Crippen molar-refractivity contribution in [1.29, 1.82) is 0 Å². The molecule has 0 aromatic carbocycles. The predicted molar refractivity (Wildman–Crippen MR) is 63.2 cm³/mol. The minimum Gasteiger partial charge on any atom is -0.368 e. The van der Waals surface area contributed by atoms with Gasteiger partial charge in [-0.1, -0.05) is 0 Å². The van der Waals surface area contributed by atoms with Gasteiger partial charge in [0.15, 0.2) is 0 Å². The highest BCUT2D eigenvalue weighted by Crippen LogP contribution is 2.10. The molecule has 0 radical (unpaired) electrons. The fraction of sp³-hybridized carbons (Fsp3) is 0.583. The number of pyridine rings is 1. The zero-order valence-corrected chi connectivity index (χ0v) is 9.51. The number of nitrogens with zero attached hydrogens (tertiary/aromatic N) is 1. The van der Waals surface area contributed by atoms with E-state index in [9.17, 15) is 0 Å². The summed E-state index contributed by atoms with van der Waals surface area (Å²) in [5.41, 5.74) is 2.35. The van der Waals surface area contributed by atoms with Crippen LogP contribution < -0.4 is 10.6 Å². The Kier molecular flexibility index (Phi) is 3.21. The number of nitrogens with one attached hydrogen (secondary N) is 2. The van der Waals surface area contributed by atoms with Crippen molar-refractivity contribution >= 4 is 5.82 Å². The average molecular weight is 205 g/mol. The van der Waals surface area contributed by atoms with Gasteiger partial charge in [-0.25, -0.2) is 4.98 Å². The van der Waals surface area contributed by atoms with E-state index >= 15 is 0 Å². The second kappa shape index (κ2) is 4.62. The summed E-state index contributed by atoms with van der Waals surface area (Å²) in [5, 5.41) is 6.86. The van der Waals surface area contributed by atoms with Crippen molar-refractivity contribution in [3.05, 3.63) is 23.4 Å². The first kappa shape index (κ1) is 10.4. The molecule has 0 bridgehead atoms. The van der Waals surface area contributed by atoms with Crippen molar-refractivity contribution in [3.63, 3.8) is 0 Å². The average Bonchev–Trinajstić information content (AvgIpc) is 2.65. The first-order chi connectivity index (χ1) is 7.24. The molecule has 1 unspecified atom stereocenters. The number of aromatic nitrogens is 1. The first-order valence-corrected chi connectivity index (χ1v) is 5.66. The molecule has 2 rings (SSSR count). The first-order valence-electron chi connectivity index (χ1n) is 5.66. The lowest BCUT2D eigenvalue weighted by Gasteiger charge is -2.12. The molecule has 1 aliphatic heterocycles. The van der Waals surface area contributed by atoms with E-state index < -0.39 is 0 Å². The smallest absolute Gasteiger partial charge is 0.126 e. The lowest BCUT2D eigenvalue weighted by Crippen LogP contribution is -2.29. The van der Waals surface area contributed by atoms with Crippen LogP contribution in [0.2, 0.25) is 0 Å². The van der Waals surface area contributed by atoms with E-state index in [0.29, 0.717) is 6.04 Å². The standard InChI is InChI=1S/C12H19N3/c1-9-6-10(2)15-12(7-9)14-8-11-4-3-5-13-11/h6-7,11,13H,3-5,8H2,1-2H3,(H,14,15). The van der Waals surface area contributed by atoms with Gasteiger partial charge in [0.25, 0.3) is 0 Å². The summed E-state index contributed by atoms with van der Waals surface area (Å²) in [6.45, 7) is 6.28. The lowest BCUT2D eigenvalue weighted by molar-refractivity contribution is 0.632. The summed E-state index contributed by atoms with van der Waals surface area (Å²) in [5.74, 6) is 1.00. The molecule has 1 atom stereocenters. The Morgan fingerprint density at radius 1 is 1.47 bits per heavy atom. The number of hydrogen-bond acceptors (Lipinski definition) is 3. The zero-order chi connectivity index (χ0) is 10.7. The maximum absolute atomic E-state index is 4.46. The van der Waals surface area contributed by atoms with Crippen molar-refractivity contribution < 1.29 is 0 Å². The van der Waals surface area contributed by atoms with Gasteiger partial charge in [-0.15, -0.1) is 0 Å². The van der Waals surface area contributed by atoms with Gasteiger partial charge in [-0.3, -0.25) is 0 Å². The number of aryl methyl sites for hydroxylation is 2. The summed E-state index contributed by atoms with van der Waals surface area (Å²) in [4.78, 5) is 4.46. The number of rotatable bonds is 3. The molecule has 1 aromatic heterocycles. The molecule has 0 spiro atoms. The molecular formula is C12H19N3. The molecule has 0 amide bonds. The topological polar surface area (TPSA) is 37.0 Å². The van der Waals surface area contributed by atoms with Crippen LogP contribution in [0.4, 0.5) is 5.82 Å². The fourth-order valence-electron chi connectivity index (χ4n) is 2.09. The zero-order valence-electron chi connectivity index (χ0n) is 9.51. The number of anilines is 1. The third-order valence-electron chi connectivity index (χ3n) is 2.79. The fourth-order valence-corrected chi connectivity index (χ4v) is 2.09. The van der Waals surface area contributed by atoms with Crippen molar-refractivity contribution in [1.82, 2.24) is 10.3 Å². The van der Waals surface area contributed by atoms with Crippen LogP contribution in [0, 0.1) is 13.8 Å². The quantitative estimate of drug-likeness (QED) is 0.791. The van der Waals surface area contributed by atoms with E-state index in [2.05, 4.69) is 34.7 Å². The monoisotopic (exact) mass is 205 g/mol. The summed E-state index contributed by atoms with van der Waals surface area (Å²) in [6.07, 6.45) is 2.57. The summed E-state index contributed by atoms with van der Waals surface area (Å²) in [6, 6.07) is 4.81. The van der Waals surface area contributed by atoms with Crippen LogP contribution in [0.25, 0.3) is 0 Å². The van der Waals surface area contributed by atoms with Gasteiger partial charge in [-0.05, 0) is 50.9 Å². The normalized spacial score (nSPS) is 20.5. The maximum atomic E-state index is 4.46. The van der Waals surface area contributed by atoms with Crippen LogP contribution >= 0.6 is 0 Å². The maximum Gasteiger partial charge on any atom is 0.126 e. The molecule has 15 heavy (non-hydrogen) atoms. The molecular weight excluding hydrogens is 186 g/mol. The van der Waals surface area contributed by atoms with E-state index in [-0.39, 0.29) is 0 Å². The SMILES string of the molecule is Cc1cc(C)nc(NCC2CCCN2)c1. The summed E-state index contributed by atoms with van der Waals surface area (Å²) < 4.78 is 0. The molecule has 0 saturated carbocycles. The second-order valence-corrected chi connectivity index (χ2v) is 4.35. The Balaban J connectivity index is 1.92. The van der Waals surface area contributed by atoms with Crippen molar-refractivity contribution in [2.45, 2.75) is 32.7 Å². The summed E-state index contributed by atoms with van der Waals surface area (Å²) in [7, 11) is 0. The van der Waals surface area contributed by atoms with E-state index in [0.717, 1.165) is 24.6 Å². The Labute approximate surface area is 91.3 Å². The van der Waals surface area contributed by atoms with Gasteiger partial charge < -0.3 is 10.6 Å². The highest BCUT2D eigenvalue weighted by molar-refractivity contribution is 5.39. The molecule has 0 aliphatic carbocycles. The molecule has 82 valence electrons. The summed E-state index contributed by atoms with van der Waals surface area (Å²) >= 11 is 0. The molecule has 1 fully saturated rings. The van der Waals surface area contributed by atoms with Crippen LogP contribution in [0.15, 0.2) is 12.1 Å². The Bertz CT molecular complexity index is 309. The van der Waals surface area contributed by atoms with E-state index in [1.807, 2.05) is 6.92 Å².